The molecule has 0 bridgehead atoms. The third-order valence-corrected chi connectivity index (χ3v) is 5.59. The molecule has 4 rings (SSSR count). The highest BCUT2D eigenvalue weighted by atomic mass is 16.4. The SMILES string of the molecule is Cc1ccccc1CC(=O)N1CCN(Cc2ccc3oc(=O)n(C)c3c2)CC1. The van der Waals surface area contributed by atoms with Crippen LogP contribution in [0.15, 0.2) is 51.7 Å². The molecule has 28 heavy (non-hydrogen) atoms. The standard InChI is InChI=1S/C22H25N3O3/c1-16-5-3-4-6-18(16)14-21(26)25-11-9-24(10-12-25)15-17-7-8-20-19(13-17)23(2)22(27)28-20/h3-8,13H,9-12,14-15H2,1-2H3. The largest absolute Gasteiger partial charge is 0.419 e. The number of amides is 1. The van der Waals surface area contributed by atoms with Gasteiger partial charge in [-0.15, -0.1) is 0 Å². The summed E-state index contributed by atoms with van der Waals surface area (Å²) in [5, 5.41) is 0. The van der Waals surface area contributed by atoms with Gasteiger partial charge in [0.15, 0.2) is 5.58 Å². The van der Waals surface area contributed by atoms with Gasteiger partial charge in [-0.2, -0.15) is 0 Å². The number of carbonyl (C=O) groups excluding carboxylic acids is 1. The molecule has 2 heterocycles. The Labute approximate surface area is 164 Å². The van der Waals surface area contributed by atoms with Crippen molar-refractivity contribution in [1.82, 2.24) is 14.4 Å². The number of oxazole rings is 1. The average molecular weight is 379 g/mol. The summed E-state index contributed by atoms with van der Waals surface area (Å²) < 4.78 is 6.72. The Bertz CT molecular complexity index is 1060. The van der Waals surface area contributed by atoms with Gasteiger partial charge in [0.1, 0.15) is 0 Å². The molecule has 0 spiro atoms. The predicted molar refractivity (Wildman–Crippen MR) is 108 cm³/mol. The van der Waals surface area contributed by atoms with Crippen molar-refractivity contribution >= 4 is 17.0 Å². The molecular weight excluding hydrogens is 354 g/mol. The van der Waals surface area contributed by atoms with E-state index in [0.717, 1.165) is 49.4 Å². The van der Waals surface area contributed by atoms with Gasteiger partial charge in [-0.05, 0) is 35.7 Å². The number of hydrogen-bond acceptors (Lipinski definition) is 4. The summed E-state index contributed by atoms with van der Waals surface area (Å²) in [6.45, 7) is 6.04. The number of fused-ring (bicyclic) bond motifs is 1. The van der Waals surface area contributed by atoms with Crippen LogP contribution in [0, 0.1) is 6.92 Å². The maximum atomic E-state index is 12.6. The van der Waals surface area contributed by atoms with Crippen LogP contribution < -0.4 is 5.76 Å². The van der Waals surface area contributed by atoms with E-state index in [0.29, 0.717) is 12.0 Å². The normalized spacial score (nSPS) is 15.3. The van der Waals surface area contributed by atoms with Crippen LogP contribution in [0.4, 0.5) is 0 Å². The number of nitrogens with zero attached hydrogens (tertiary/aromatic N) is 3. The molecule has 0 aliphatic carbocycles. The van der Waals surface area contributed by atoms with E-state index in [4.69, 9.17) is 4.42 Å². The summed E-state index contributed by atoms with van der Waals surface area (Å²) in [5.41, 5.74) is 4.84. The van der Waals surface area contributed by atoms with Crippen molar-refractivity contribution in [3.63, 3.8) is 0 Å². The summed E-state index contributed by atoms with van der Waals surface area (Å²) >= 11 is 0. The fourth-order valence-electron chi connectivity index (χ4n) is 3.77. The Hall–Kier alpha value is -2.86. The lowest BCUT2D eigenvalue weighted by molar-refractivity contribution is -0.132. The number of hydrogen-bond donors (Lipinski definition) is 0. The van der Waals surface area contributed by atoms with Crippen molar-refractivity contribution < 1.29 is 9.21 Å². The van der Waals surface area contributed by atoms with Gasteiger partial charge in [-0.25, -0.2) is 4.79 Å². The zero-order valence-corrected chi connectivity index (χ0v) is 16.4. The van der Waals surface area contributed by atoms with Gasteiger partial charge in [0, 0.05) is 39.8 Å². The molecule has 0 atom stereocenters. The first-order valence-corrected chi connectivity index (χ1v) is 9.64. The number of aromatic nitrogens is 1. The van der Waals surface area contributed by atoms with Gasteiger partial charge in [-0.1, -0.05) is 30.3 Å². The van der Waals surface area contributed by atoms with Crippen molar-refractivity contribution in [2.75, 3.05) is 26.2 Å². The highest BCUT2D eigenvalue weighted by Crippen LogP contribution is 2.17. The molecule has 3 aromatic rings. The van der Waals surface area contributed by atoms with Crippen LogP contribution in [0.25, 0.3) is 11.1 Å². The van der Waals surface area contributed by atoms with E-state index >= 15 is 0 Å². The average Bonchev–Trinajstić information content (AvgIpc) is 2.98. The minimum absolute atomic E-state index is 0.198. The quantitative estimate of drug-likeness (QED) is 0.698. The minimum Gasteiger partial charge on any atom is -0.408 e. The molecule has 1 saturated heterocycles. The van der Waals surface area contributed by atoms with Crippen molar-refractivity contribution in [3.8, 4) is 0 Å². The molecular formula is C22H25N3O3. The first kappa shape index (κ1) is 18.5. The summed E-state index contributed by atoms with van der Waals surface area (Å²) in [4.78, 5) is 28.6. The number of rotatable bonds is 4. The van der Waals surface area contributed by atoms with E-state index in [1.807, 2.05) is 54.3 Å². The highest BCUT2D eigenvalue weighted by molar-refractivity contribution is 5.79. The lowest BCUT2D eigenvalue weighted by Gasteiger charge is -2.35. The van der Waals surface area contributed by atoms with Gasteiger partial charge >= 0.3 is 5.76 Å². The van der Waals surface area contributed by atoms with Gasteiger partial charge in [-0.3, -0.25) is 14.3 Å². The molecule has 146 valence electrons. The zero-order valence-electron chi connectivity index (χ0n) is 16.4. The van der Waals surface area contributed by atoms with Crippen LogP contribution in [0.2, 0.25) is 0 Å². The monoisotopic (exact) mass is 379 g/mol. The van der Waals surface area contributed by atoms with E-state index in [2.05, 4.69) is 4.90 Å². The van der Waals surface area contributed by atoms with Gasteiger partial charge in [0.2, 0.25) is 5.91 Å². The highest BCUT2D eigenvalue weighted by Gasteiger charge is 2.21. The van der Waals surface area contributed by atoms with E-state index in [9.17, 15) is 9.59 Å². The Balaban J connectivity index is 1.35. The van der Waals surface area contributed by atoms with Crippen LogP contribution in [-0.4, -0.2) is 46.5 Å². The lowest BCUT2D eigenvalue weighted by Crippen LogP contribution is -2.48. The lowest BCUT2D eigenvalue weighted by atomic mass is 10.1. The van der Waals surface area contributed by atoms with E-state index in [1.165, 1.54) is 10.1 Å². The fraction of sp³-hybridized carbons (Fsp3) is 0.364. The first-order chi connectivity index (χ1) is 13.5. The smallest absolute Gasteiger partial charge is 0.408 e. The predicted octanol–water partition coefficient (Wildman–Crippen LogP) is 2.33. The van der Waals surface area contributed by atoms with E-state index in [-0.39, 0.29) is 11.7 Å². The Morgan fingerprint density at radius 3 is 2.57 bits per heavy atom. The molecule has 0 saturated carbocycles. The molecule has 1 aromatic heterocycles. The first-order valence-electron chi connectivity index (χ1n) is 9.64. The third kappa shape index (κ3) is 3.73. The number of carbonyl (C=O) groups is 1. The summed E-state index contributed by atoms with van der Waals surface area (Å²) in [7, 11) is 1.72. The molecule has 0 N–H and O–H groups in total. The molecule has 1 fully saturated rings. The third-order valence-electron chi connectivity index (χ3n) is 5.59. The summed E-state index contributed by atoms with van der Waals surface area (Å²) in [6.07, 6.45) is 0.470. The Kier molecular flexibility index (Phi) is 5.05. The molecule has 6 heteroatoms. The maximum Gasteiger partial charge on any atom is 0.419 e. The molecule has 1 amide bonds. The second-order valence-electron chi connectivity index (χ2n) is 7.49. The van der Waals surface area contributed by atoms with Crippen molar-refractivity contribution in [2.24, 2.45) is 7.05 Å². The molecule has 1 aliphatic rings. The van der Waals surface area contributed by atoms with Crippen LogP contribution in [0.1, 0.15) is 16.7 Å². The van der Waals surface area contributed by atoms with Crippen molar-refractivity contribution in [3.05, 3.63) is 69.7 Å². The minimum atomic E-state index is -0.340. The zero-order chi connectivity index (χ0) is 19.7. The van der Waals surface area contributed by atoms with Crippen LogP contribution >= 0.6 is 0 Å². The van der Waals surface area contributed by atoms with Gasteiger partial charge < -0.3 is 9.32 Å². The van der Waals surface area contributed by atoms with E-state index < -0.39 is 0 Å². The Morgan fingerprint density at radius 2 is 1.82 bits per heavy atom. The van der Waals surface area contributed by atoms with Gasteiger partial charge in [0.05, 0.1) is 11.9 Å². The number of aryl methyl sites for hydroxylation is 2. The van der Waals surface area contributed by atoms with Crippen LogP contribution in [-0.2, 0) is 24.8 Å². The topological polar surface area (TPSA) is 58.7 Å². The van der Waals surface area contributed by atoms with Crippen LogP contribution in [0.3, 0.4) is 0 Å². The summed E-state index contributed by atoms with van der Waals surface area (Å²) in [6, 6.07) is 13.9. The van der Waals surface area contributed by atoms with Crippen LogP contribution in [0.5, 0.6) is 0 Å². The van der Waals surface area contributed by atoms with Gasteiger partial charge in [0.25, 0.3) is 0 Å². The van der Waals surface area contributed by atoms with Crippen molar-refractivity contribution in [1.29, 1.82) is 0 Å². The second-order valence-corrected chi connectivity index (χ2v) is 7.49. The van der Waals surface area contributed by atoms with Crippen molar-refractivity contribution in [2.45, 2.75) is 19.9 Å². The fourth-order valence-corrected chi connectivity index (χ4v) is 3.77. The Morgan fingerprint density at radius 1 is 1.07 bits per heavy atom. The molecule has 1 aliphatic heterocycles. The number of piperazine rings is 1. The molecule has 0 radical (unpaired) electrons. The molecule has 6 nitrogen and oxygen atoms in total. The molecule has 0 unspecified atom stereocenters. The summed E-state index contributed by atoms with van der Waals surface area (Å²) in [5.74, 6) is -0.142. The second kappa shape index (κ2) is 7.64. The van der Waals surface area contributed by atoms with E-state index in [1.54, 1.807) is 7.05 Å². The number of benzene rings is 2. The molecule has 2 aromatic carbocycles. The maximum absolute atomic E-state index is 12.6.